The average molecular weight is 298 g/mol. The SMILES string of the molecule is CC(C)(C)C1CCCCc2c(cnn2C(C)(C)C)C1(F)F. The highest BCUT2D eigenvalue weighted by molar-refractivity contribution is 5.26. The van der Waals surface area contributed by atoms with Gasteiger partial charge in [0.25, 0.3) is 5.92 Å². The van der Waals surface area contributed by atoms with Crippen molar-refractivity contribution in [2.75, 3.05) is 0 Å². The smallest absolute Gasteiger partial charge is 0.264 e. The van der Waals surface area contributed by atoms with Crippen molar-refractivity contribution in [1.29, 1.82) is 0 Å². The molecule has 0 saturated carbocycles. The van der Waals surface area contributed by atoms with Gasteiger partial charge < -0.3 is 0 Å². The van der Waals surface area contributed by atoms with E-state index in [1.54, 1.807) is 4.68 Å². The van der Waals surface area contributed by atoms with E-state index in [1.165, 1.54) is 6.20 Å². The van der Waals surface area contributed by atoms with E-state index in [0.717, 1.165) is 18.5 Å². The van der Waals surface area contributed by atoms with Crippen LogP contribution in [0.4, 0.5) is 8.78 Å². The normalized spacial score (nSPS) is 23.3. The van der Waals surface area contributed by atoms with Crippen LogP contribution < -0.4 is 0 Å². The van der Waals surface area contributed by atoms with Crippen LogP contribution in [-0.4, -0.2) is 9.78 Å². The molecule has 0 N–H and O–H groups in total. The van der Waals surface area contributed by atoms with E-state index in [1.807, 2.05) is 41.5 Å². The van der Waals surface area contributed by atoms with Crippen molar-refractivity contribution >= 4 is 0 Å². The van der Waals surface area contributed by atoms with Crippen LogP contribution in [0.3, 0.4) is 0 Å². The third-order valence-electron chi connectivity index (χ3n) is 4.50. The number of rotatable bonds is 0. The second-order valence-electron chi connectivity index (χ2n) is 8.37. The Hall–Kier alpha value is -0.930. The molecule has 2 nitrogen and oxygen atoms in total. The number of halogens is 2. The monoisotopic (exact) mass is 298 g/mol. The highest BCUT2D eigenvalue weighted by Gasteiger charge is 2.50. The minimum atomic E-state index is -2.81. The summed E-state index contributed by atoms with van der Waals surface area (Å²) >= 11 is 0. The van der Waals surface area contributed by atoms with Crippen molar-refractivity contribution in [2.24, 2.45) is 11.3 Å². The summed E-state index contributed by atoms with van der Waals surface area (Å²) in [6.45, 7) is 11.8. The number of alkyl halides is 2. The molecule has 0 fully saturated rings. The predicted molar refractivity (Wildman–Crippen MR) is 81.6 cm³/mol. The lowest BCUT2D eigenvalue weighted by atomic mass is 9.71. The summed E-state index contributed by atoms with van der Waals surface area (Å²) in [5, 5.41) is 4.30. The summed E-state index contributed by atoms with van der Waals surface area (Å²) in [5.41, 5.74) is 0.195. The Bertz CT molecular complexity index is 504. The first-order valence-electron chi connectivity index (χ1n) is 7.91. The standard InChI is InChI=1S/C17H28F2N2/c1-15(2,3)14-10-8-7-9-13-12(17(14,18)19)11-20-21(13)16(4,5)6/h11,14H,7-10H2,1-6H3. The molecule has 2 rings (SSSR count). The van der Waals surface area contributed by atoms with Gasteiger partial charge in [0, 0.05) is 11.6 Å². The molecule has 0 aliphatic heterocycles. The van der Waals surface area contributed by atoms with Gasteiger partial charge in [0.15, 0.2) is 0 Å². The Morgan fingerprint density at radius 3 is 2.29 bits per heavy atom. The summed E-state index contributed by atoms with van der Waals surface area (Å²) in [6, 6.07) is 0. The molecule has 120 valence electrons. The Morgan fingerprint density at radius 2 is 1.76 bits per heavy atom. The van der Waals surface area contributed by atoms with Crippen molar-refractivity contribution in [1.82, 2.24) is 9.78 Å². The summed E-state index contributed by atoms with van der Waals surface area (Å²) in [6.07, 6.45) is 4.49. The summed E-state index contributed by atoms with van der Waals surface area (Å²) in [7, 11) is 0. The van der Waals surface area contributed by atoms with Gasteiger partial charge in [-0.3, -0.25) is 4.68 Å². The molecule has 0 saturated heterocycles. The molecular formula is C17H28F2N2. The van der Waals surface area contributed by atoms with Crippen LogP contribution in [0, 0.1) is 11.3 Å². The van der Waals surface area contributed by atoms with E-state index in [0.29, 0.717) is 12.8 Å². The molecule has 1 heterocycles. The highest BCUT2D eigenvalue weighted by Crippen LogP contribution is 2.50. The number of hydrogen-bond donors (Lipinski definition) is 0. The number of aromatic nitrogens is 2. The van der Waals surface area contributed by atoms with Gasteiger partial charge in [-0.2, -0.15) is 5.10 Å². The van der Waals surface area contributed by atoms with Crippen molar-refractivity contribution in [3.63, 3.8) is 0 Å². The molecule has 0 aromatic carbocycles. The average Bonchev–Trinajstić information content (AvgIpc) is 2.68. The molecule has 0 radical (unpaired) electrons. The lowest BCUT2D eigenvalue weighted by molar-refractivity contribution is -0.111. The Balaban J connectivity index is 2.57. The third-order valence-corrected chi connectivity index (χ3v) is 4.50. The van der Waals surface area contributed by atoms with Crippen molar-refractivity contribution in [3.8, 4) is 0 Å². The fourth-order valence-electron chi connectivity index (χ4n) is 3.46. The van der Waals surface area contributed by atoms with Crippen molar-refractivity contribution in [2.45, 2.75) is 78.7 Å². The number of fused-ring (bicyclic) bond motifs is 1. The zero-order chi connectivity index (χ0) is 16.1. The quantitative estimate of drug-likeness (QED) is 0.650. The first kappa shape index (κ1) is 16.4. The van der Waals surface area contributed by atoms with Gasteiger partial charge in [-0.15, -0.1) is 0 Å². The molecule has 0 amide bonds. The van der Waals surface area contributed by atoms with Crippen molar-refractivity contribution in [3.05, 3.63) is 17.5 Å². The maximum absolute atomic E-state index is 15.1. The molecule has 4 heteroatoms. The topological polar surface area (TPSA) is 17.8 Å². The minimum absolute atomic E-state index is 0.150. The van der Waals surface area contributed by atoms with Gasteiger partial charge in [-0.25, -0.2) is 8.78 Å². The second kappa shape index (κ2) is 5.06. The Labute approximate surface area is 126 Å². The molecular weight excluding hydrogens is 270 g/mol. The highest BCUT2D eigenvalue weighted by atomic mass is 19.3. The molecule has 1 aromatic heterocycles. The predicted octanol–water partition coefficient (Wildman–Crippen LogP) is 5.12. The largest absolute Gasteiger partial charge is 0.279 e. The van der Waals surface area contributed by atoms with Crippen molar-refractivity contribution < 1.29 is 8.78 Å². The van der Waals surface area contributed by atoms with E-state index in [9.17, 15) is 0 Å². The maximum Gasteiger partial charge on any atom is 0.279 e. The first-order valence-corrected chi connectivity index (χ1v) is 7.91. The van der Waals surface area contributed by atoms with E-state index in [4.69, 9.17) is 0 Å². The van der Waals surface area contributed by atoms with Crippen LogP contribution in [0.5, 0.6) is 0 Å². The van der Waals surface area contributed by atoms with Gasteiger partial charge in [0.05, 0.1) is 17.3 Å². The van der Waals surface area contributed by atoms with Crippen LogP contribution in [0.2, 0.25) is 0 Å². The Morgan fingerprint density at radius 1 is 1.14 bits per heavy atom. The fraction of sp³-hybridized carbons (Fsp3) is 0.824. The van der Waals surface area contributed by atoms with Crippen LogP contribution in [0.15, 0.2) is 6.20 Å². The molecule has 1 atom stereocenters. The molecule has 0 spiro atoms. The Kier molecular flexibility index (Phi) is 3.96. The minimum Gasteiger partial charge on any atom is -0.264 e. The zero-order valence-corrected chi connectivity index (χ0v) is 14.1. The molecule has 1 aliphatic carbocycles. The summed E-state index contributed by atoms with van der Waals surface area (Å²) < 4.78 is 32.1. The fourth-order valence-corrected chi connectivity index (χ4v) is 3.46. The van der Waals surface area contributed by atoms with Crippen LogP contribution in [-0.2, 0) is 17.9 Å². The lowest BCUT2D eigenvalue weighted by Gasteiger charge is -2.38. The van der Waals surface area contributed by atoms with Gasteiger partial charge in [-0.05, 0) is 45.4 Å². The number of nitrogens with zero attached hydrogens (tertiary/aromatic N) is 2. The molecule has 0 bridgehead atoms. The van der Waals surface area contributed by atoms with E-state index >= 15 is 8.78 Å². The molecule has 1 aromatic rings. The lowest BCUT2D eigenvalue weighted by Crippen LogP contribution is -2.38. The molecule has 1 unspecified atom stereocenters. The zero-order valence-electron chi connectivity index (χ0n) is 14.1. The molecule has 21 heavy (non-hydrogen) atoms. The molecule has 1 aliphatic rings. The van der Waals surface area contributed by atoms with E-state index in [-0.39, 0.29) is 11.1 Å². The number of hydrogen-bond acceptors (Lipinski definition) is 1. The third kappa shape index (κ3) is 3.00. The second-order valence-corrected chi connectivity index (χ2v) is 8.37. The maximum atomic E-state index is 15.1. The van der Waals surface area contributed by atoms with Gasteiger partial charge in [-0.1, -0.05) is 27.2 Å². The van der Waals surface area contributed by atoms with Crippen LogP contribution in [0.1, 0.15) is 72.1 Å². The van der Waals surface area contributed by atoms with Gasteiger partial charge in [0.2, 0.25) is 0 Å². The van der Waals surface area contributed by atoms with E-state index < -0.39 is 17.3 Å². The summed E-state index contributed by atoms with van der Waals surface area (Å²) in [4.78, 5) is 0. The first-order chi connectivity index (χ1) is 9.45. The van der Waals surface area contributed by atoms with Gasteiger partial charge in [0.1, 0.15) is 0 Å². The van der Waals surface area contributed by atoms with Crippen LogP contribution >= 0.6 is 0 Å². The van der Waals surface area contributed by atoms with E-state index in [2.05, 4.69) is 5.10 Å². The van der Waals surface area contributed by atoms with Gasteiger partial charge >= 0.3 is 0 Å². The summed E-state index contributed by atoms with van der Waals surface area (Å²) in [5.74, 6) is -3.45. The van der Waals surface area contributed by atoms with Crippen LogP contribution in [0.25, 0.3) is 0 Å².